The van der Waals surface area contributed by atoms with Crippen LogP contribution in [-0.4, -0.2) is 39.6 Å². The summed E-state index contributed by atoms with van der Waals surface area (Å²) >= 11 is 0. The number of aromatic nitrogens is 2. The molecule has 1 saturated heterocycles. The van der Waals surface area contributed by atoms with Gasteiger partial charge in [-0.25, -0.2) is 4.68 Å². The minimum atomic E-state index is -0.361. The van der Waals surface area contributed by atoms with Crippen LogP contribution in [0.25, 0.3) is 0 Å². The maximum Gasteiger partial charge on any atom is 0.272 e. The summed E-state index contributed by atoms with van der Waals surface area (Å²) in [6.45, 7) is 3.53. The molecule has 2 heterocycles. The Labute approximate surface area is 158 Å². The fourth-order valence-electron chi connectivity index (χ4n) is 3.21. The smallest absolute Gasteiger partial charge is 0.272 e. The summed E-state index contributed by atoms with van der Waals surface area (Å²) < 4.78 is 1.30. The zero-order valence-corrected chi connectivity index (χ0v) is 15.4. The second kappa shape index (κ2) is 8.62. The Kier molecular flexibility index (Phi) is 6.01. The summed E-state index contributed by atoms with van der Waals surface area (Å²) in [7, 11) is 0. The Morgan fingerprint density at radius 3 is 2.63 bits per heavy atom. The molecular formula is C20H24N4O3. The van der Waals surface area contributed by atoms with E-state index in [-0.39, 0.29) is 29.1 Å². The van der Waals surface area contributed by atoms with E-state index in [4.69, 9.17) is 0 Å². The van der Waals surface area contributed by atoms with Crippen LogP contribution >= 0.6 is 0 Å². The van der Waals surface area contributed by atoms with Gasteiger partial charge in [0.25, 0.3) is 11.5 Å². The summed E-state index contributed by atoms with van der Waals surface area (Å²) in [5.41, 5.74) is 0.889. The van der Waals surface area contributed by atoms with Crippen molar-refractivity contribution in [3.05, 3.63) is 64.1 Å². The van der Waals surface area contributed by atoms with Crippen LogP contribution in [0, 0.1) is 0 Å². The van der Waals surface area contributed by atoms with E-state index in [1.54, 1.807) is 4.90 Å². The number of aryl methyl sites for hydroxylation is 1. The van der Waals surface area contributed by atoms with Crippen molar-refractivity contribution < 1.29 is 9.59 Å². The van der Waals surface area contributed by atoms with Gasteiger partial charge in [-0.2, -0.15) is 5.10 Å². The number of carbonyl (C=O) groups excluding carboxylic acids is 2. The van der Waals surface area contributed by atoms with E-state index in [9.17, 15) is 14.4 Å². The van der Waals surface area contributed by atoms with Gasteiger partial charge in [-0.15, -0.1) is 0 Å². The fraction of sp³-hybridized carbons (Fsp3) is 0.400. The second-order valence-electron chi connectivity index (χ2n) is 6.66. The van der Waals surface area contributed by atoms with E-state index in [1.165, 1.54) is 16.8 Å². The molecule has 1 unspecified atom stereocenters. The lowest BCUT2D eigenvalue weighted by molar-refractivity contribution is -0.128. The SMILES string of the molecule is CCCn1nc(C(=O)NC(CN2CCCC2=O)c2ccccc2)ccc1=O. The lowest BCUT2D eigenvalue weighted by Crippen LogP contribution is -2.39. The Bertz CT molecular complexity index is 863. The first kappa shape index (κ1) is 18.8. The Hall–Kier alpha value is -2.96. The summed E-state index contributed by atoms with van der Waals surface area (Å²) in [4.78, 5) is 38.4. The molecule has 1 aliphatic heterocycles. The predicted octanol–water partition coefficient (Wildman–Crippen LogP) is 1.75. The molecule has 142 valence electrons. The zero-order chi connectivity index (χ0) is 19.2. The molecule has 0 bridgehead atoms. The first-order chi connectivity index (χ1) is 13.1. The number of nitrogens with one attached hydrogen (secondary N) is 1. The normalized spacial score (nSPS) is 15.0. The van der Waals surface area contributed by atoms with Gasteiger partial charge >= 0.3 is 0 Å². The third-order valence-corrected chi connectivity index (χ3v) is 4.62. The standard InChI is InChI=1S/C20H24N4O3/c1-2-12-24-19(26)11-10-16(22-24)20(27)21-17(15-7-4-3-5-8-15)14-23-13-6-9-18(23)25/h3-5,7-8,10-11,17H,2,6,9,12-14H2,1H3,(H,21,27). The first-order valence-electron chi connectivity index (χ1n) is 9.30. The molecule has 1 atom stereocenters. The molecule has 1 N–H and O–H groups in total. The van der Waals surface area contributed by atoms with E-state index in [0.29, 0.717) is 26.1 Å². The molecule has 0 aliphatic carbocycles. The van der Waals surface area contributed by atoms with Gasteiger partial charge in [0.1, 0.15) is 5.69 Å². The number of likely N-dealkylation sites (tertiary alicyclic amines) is 1. The van der Waals surface area contributed by atoms with Crippen LogP contribution in [0.4, 0.5) is 0 Å². The van der Waals surface area contributed by atoms with Crippen LogP contribution in [0.15, 0.2) is 47.3 Å². The highest BCUT2D eigenvalue weighted by Crippen LogP contribution is 2.19. The van der Waals surface area contributed by atoms with Crippen molar-refractivity contribution in [1.29, 1.82) is 0 Å². The first-order valence-corrected chi connectivity index (χ1v) is 9.30. The van der Waals surface area contributed by atoms with Crippen LogP contribution in [0.2, 0.25) is 0 Å². The van der Waals surface area contributed by atoms with Gasteiger partial charge in [0, 0.05) is 32.1 Å². The number of benzene rings is 1. The topological polar surface area (TPSA) is 84.3 Å². The van der Waals surface area contributed by atoms with Crippen molar-refractivity contribution >= 4 is 11.8 Å². The number of hydrogen-bond acceptors (Lipinski definition) is 4. The largest absolute Gasteiger partial charge is 0.342 e. The highest BCUT2D eigenvalue weighted by molar-refractivity contribution is 5.92. The van der Waals surface area contributed by atoms with Gasteiger partial charge in [-0.1, -0.05) is 37.3 Å². The molecule has 7 heteroatoms. The van der Waals surface area contributed by atoms with Gasteiger partial charge in [0.05, 0.1) is 6.04 Å². The Morgan fingerprint density at radius 1 is 1.19 bits per heavy atom. The van der Waals surface area contributed by atoms with Crippen LogP contribution in [0.3, 0.4) is 0 Å². The molecule has 1 aliphatic rings. The molecule has 0 spiro atoms. The summed E-state index contributed by atoms with van der Waals surface area (Å²) in [6.07, 6.45) is 2.15. The molecule has 1 aromatic carbocycles. The van der Waals surface area contributed by atoms with Crippen LogP contribution < -0.4 is 10.9 Å². The fourth-order valence-corrected chi connectivity index (χ4v) is 3.21. The van der Waals surface area contributed by atoms with Gasteiger partial charge in [-0.05, 0) is 24.5 Å². The van der Waals surface area contributed by atoms with Crippen molar-refractivity contribution in [2.45, 2.75) is 38.8 Å². The molecule has 1 aromatic heterocycles. The molecule has 7 nitrogen and oxygen atoms in total. The molecule has 2 aromatic rings. The quantitative estimate of drug-likeness (QED) is 0.807. The summed E-state index contributed by atoms with van der Waals surface area (Å²) in [6, 6.07) is 12.0. The second-order valence-corrected chi connectivity index (χ2v) is 6.66. The molecule has 1 fully saturated rings. The maximum absolute atomic E-state index is 12.8. The monoisotopic (exact) mass is 368 g/mol. The van der Waals surface area contributed by atoms with Crippen LogP contribution in [0.1, 0.15) is 48.3 Å². The Morgan fingerprint density at radius 2 is 1.96 bits per heavy atom. The average molecular weight is 368 g/mol. The average Bonchev–Trinajstić information content (AvgIpc) is 3.08. The van der Waals surface area contributed by atoms with Crippen molar-refractivity contribution in [3.8, 4) is 0 Å². The van der Waals surface area contributed by atoms with Crippen molar-refractivity contribution in [3.63, 3.8) is 0 Å². The van der Waals surface area contributed by atoms with E-state index in [1.807, 2.05) is 37.3 Å². The van der Waals surface area contributed by atoms with Crippen molar-refractivity contribution in [2.24, 2.45) is 0 Å². The number of rotatable bonds is 7. The van der Waals surface area contributed by atoms with E-state index in [2.05, 4.69) is 10.4 Å². The predicted molar refractivity (Wildman–Crippen MR) is 101 cm³/mol. The van der Waals surface area contributed by atoms with Gasteiger partial charge in [0.2, 0.25) is 5.91 Å². The van der Waals surface area contributed by atoms with E-state index < -0.39 is 0 Å². The van der Waals surface area contributed by atoms with Crippen molar-refractivity contribution in [1.82, 2.24) is 20.0 Å². The third-order valence-electron chi connectivity index (χ3n) is 4.62. The number of amides is 2. The zero-order valence-electron chi connectivity index (χ0n) is 15.4. The van der Waals surface area contributed by atoms with Crippen LogP contribution in [0.5, 0.6) is 0 Å². The summed E-state index contributed by atoms with van der Waals surface area (Å²) in [5, 5.41) is 7.14. The molecule has 0 saturated carbocycles. The highest BCUT2D eigenvalue weighted by Gasteiger charge is 2.26. The number of hydrogen-bond donors (Lipinski definition) is 1. The molecular weight excluding hydrogens is 344 g/mol. The van der Waals surface area contributed by atoms with Gasteiger partial charge in [0.15, 0.2) is 0 Å². The van der Waals surface area contributed by atoms with Gasteiger partial charge < -0.3 is 10.2 Å². The molecule has 0 radical (unpaired) electrons. The lowest BCUT2D eigenvalue weighted by Gasteiger charge is -2.25. The molecule has 27 heavy (non-hydrogen) atoms. The molecule has 3 rings (SSSR count). The van der Waals surface area contributed by atoms with E-state index >= 15 is 0 Å². The number of nitrogens with zero attached hydrogens (tertiary/aromatic N) is 3. The lowest BCUT2D eigenvalue weighted by atomic mass is 10.1. The van der Waals surface area contributed by atoms with E-state index in [0.717, 1.165) is 18.4 Å². The van der Waals surface area contributed by atoms with Gasteiger partial charge in [-0.3, -0.25) is 14.4 Å². The van der Waals surface area contributed by atoms with Crippen LogP contribution in [-0.2, 0) is 11.3 Å². The third kappa shape index (κ3) is 4.61. The number of carbonyl (C=O) groups is 2. The maximum atomic E-state index is 12.8. The summed E-state index contributed by atoms with van der Waals surface area (Å²) in [5.74, 6) is -0.250. The molecule has 2 amide bonds. The van der Waals surface area contributed by atoms with Crippen molar-refractivity contribution in [2.75, 3.05) is 13.1 Å². The minimum Gasteiger partial charge on any atom is -0.342 e. The Balaban J connectivity index is 1.81. The highest BCUT2D eigenvalue weighted by atomic mass is 16.2. The minimum absolute atomic E-state index is 0.111.